The van der Waals surface area contributed by atoms with Crippen molar-refractivity contribution >= 4 is 45.0 Å². The van der Waals surface area contributed by atoms with Gasteiger partial charge in [0.05, 0.1) is 28.0 Å². The van der Waals surface area contributed by atoms with Gasteiger partial charge in [-0.1, -0.05) is 23.7 Å². The number of H-pyrrole nitrogens is 1. The first-order valence-electron chi connectivity index (χ1n) is 12.3. The van der Waals surface area contributed by atoms with Gasteiger partial charge in [0.15, 0.2) is 5.82 Å². The van der Waals surface area contributed by atoms with Crippen LogP contribution in [0.5, 0.6) is 0 Å². The smallest absolute Gasteiger partial charge is 0.246 e. The fourth-order valence-electron chi connectivity index (χ4n) is 4.98. The molecule has 4 aromatic rings. The average molecular weight is 532 g/mol. The minimum Gasteiger partial charge on any atom is -0.366 e. The molecule has 8 nitrogen and oxygen atoms in total. The molecule has 0 unspecified atom stereocenters. The molecule has 38 heavy (non-hydrogen) atoms. The molecule has 1 fully saturated rings. The van der Waals surface area contributed by atoms with Gasteiger partial charge < -0.3 is 14.7 Å². The van der Waals surface area contributed by atoms with E-state index in [1.165, 1.54) is 6.20 Å². The number of aryl methyl sites for hydroxylation is 1. The zero-order valence-electron chi connectivity index (χ0n) is 21.4. The quantitative estimate of drug-likeness (QED) is 0.381. The minimum absolute atomic E-state index is 0.0471. The van der Waals surface area contributed by atoms with Crippen molar-refractivity contribution in [1.82, 2.24) is 25.0 Å². The monoisotopic (exact) mass is 531 g/mol. The second kappa shape index (κ2) is 10.4. The van der Waals surface area contributed by atoms with Crippen LogP contribution in [-0.2, 0) is 4.79 Å². The number of amides is 1. The maximum atomic E-state index is 16.2. The van der Waals surface area contributed by atoms with E-state index >= 15 is 4.39 Å². The molecule has 5 rings (SSSR count). The van der Waals surface area contributed by atoms with Gasteiger partial charge in [0.2, 0.25) is 5.91 Å². The molecular formula is C28H27ClFN7O. The Morgan fingerprint density at radius 2 is 1.97 bits per heavy atom. The first kappa shape index (κ1) is 25.6. The molecule has 10 heteroatoms. The molecule has 2 aromatic carbocycles. The predicted molar refractivity (Wildman–Crippen MR) is 148 cm³/mol. The fourth-order valence-corrected chi connectivity index (χ4v) is 5.27. The highest BCUT2D eigenvalue weighted by Gasteiger charge is 2.27. The number of likely N-dealkylation sites (N-methyl/N-ethyl adjacent to an activating group) is 1. The zero-order valence-corrected chi connectivity index (χ0v) is 22.2. The number of anilines is 1. The molecule has 194 valence electrons. The van der Waals surface area contributed by atoms with Crippen LogP contribution < -0.4 is 4.90 Å². The van der Waals surface area contributed by atoms with Crippen LogP contribution in [0.4, 0.5) is 10.1 Å². The Bertz CT molecular complexity index is 1610. The Balaban J connectivity index is 1.53. The number of pyridine rings is 1. The molecule has 0 bridgehead atoms. The van der Waals surface area contributed by atoms with E-state index in [1.54, 1.807) is 23.2 Å². The van der Waals surface area contributed by atoms with Crippen LogP contribution in [0.1, 0.15) is 11.1 Å². The van der Waals surface area contributed by atoms with Crippen molar-refractivity contribution in [2.75, 3.05) is 51.7 Å². The van der Waals surface area contributed by atoms with Crippen LogP contribution in [0.3, 0.4) is 0 Å². The molecule has 0 saturated carbocycles. The number of aromatic amines is 1. The van der Waals surface area contributed by atoms with Gasteiger partial charge in [-0.05, 0) is 38.7 Å². The number of nitriles is 1. The number of benzene rings is 2. The molecule has 1 amide bonds. The van der Waals surface area contributed by atoms with Gasteiger partial charge in [-0.3, -0.25) is 14.9 Å². The molecule has 1 N–H and O–H groups in total. The number of aromatic nitrogens is 3. The van der Waals surface area contributed by atoms with Crippen LogP contribution >= 0.6 is 11.6 Å². The Morgan fingerprint density at radius 1 is 1.21 bits per heavy atom. The third-order valence-corrected chi connectivity index (χ3v) is 7.16. The molecule has 2 aromatic heterocycles. The van der Waals surface area contributed by atoms with Crippen LogP contribution in [0.2, 0.25) is 5.02 Å². The van der Waals surface area contributed by atoms with Crippen LogP contribution in [0.25, 0.3) is 32.9 Å². The van der Waals surface area contributed by atoms with Crippen molar-refractivity contribution in [3.8, 4) is 17.2 Å². The van der Waals surface area contributed by atoms with E-state index < -0.39 is 5.82 Å². The van der Waals surface area contributed by atoms with Crippen molar-refractivity contribution in [2.24, 2.45) is 0 Å². The lowest BCUT2D eigenvalue weighted by atomic mass is 9.94. The summed E-state index contributed by atoms with van der Waals surface area (Å²) in [5.41, 5.74) is 3.60. The Morgan fingerprint density at radius 3 is 2.68 bits per heavy atom. The second-order valence-electron chi connectivity index (χ2n) is 9.64. The normalized spacial score (nSPS) is 14.2. The number of fused-ring (bicyclic) bond motifs is 2. The number of piperazine rings is 1. The van der Waals surface area contributed by atoms with Gasteiger partial charge >= 0.3 is 0 Å². The number of carbonyl (C=O) groups is 1. The molecule has 0 radical (unpaired) electrons. The molecule has 0 aliphatic carbocycles. The topological polar surface area (TPSA) is 92.2 Å². The molecule has 1 saturated heterocycles. The van der Waals surface area contributed by atoms with Gasteiger partial charge in [0, 0.05) is 66.9 Å². The highest BCUT2D eigenvalue weighted by molar-refractivity contribution is 6.35. The molecule has 1 aliphatic rings. The van der Waals surface area contributed by atoms with Crippen molar-refractivity contribution in [3.05, 3.63) is 64.7 Å². The summed E-state index contributed by atoms with van der Waals surface area (Å²) in [5.74, 6) is -0.594. The summed E-state index contributed by atoms with van der Waals surface area (Å²) in [6.45, 7) is 4.54. The number of halogens is 2. The summed E-state index contributed by atoms with van der Waals surface area (Å²) in [5, 5.41) is 18.3. The molecule has 0 atom stereocenters. The van der Waals surface area contributed by atoms with E-state index in [9.17, 15) is 10.1 Å². The lowest BCUT2D eigenvalue weighted by Crippen LogP contribution is -2.48. The average Bonchev–Trinajstić information content (AvgIpc) is 3.38. The summed E-state index contributed by atoms with van der Waals surface area (Å²) >= 11 is 6.76. The lowest BCUT2D eigenvalue weighted by Gasteiger charge is -2.36. The van der Waals surface area contributed by atoms with Gasteiger partial charge in [0.1, 0.15) is 11.6 Å². The third-order valence-electron chi connectivity index (χ3n) is 6.87. The molecular weight excluding hydrogens is 505 g/mol. The van der Waals surface area contributed by atoms with E-state index in [2.05, 4.69) is 21.3 Å². The Kier molecular flexibility index (Phi) is 7.02. The molecule has 0 spiro atoms. The fraction of sp³-hybridized carbons (Fsp3) is 0.286. The highest BCUT2D eigenvalue weighted by Crippen LogP contribution is 2.42. The first-order valence-corrected chi connectivity index (χ1v) is 12.7. The number of carbonyl (C=O) groups excluding carboxylic acids is 1. The SMILES string of the molecule is Cc1ccc2[nH]ncc2c1-c1c(Cl)cc2c(N3CCN(C(=O)/C=C/CN(C)C)CC3)c(C#N)cnc2c1F. The number of hydrogen-bond donors (Lipinski definition) is 1. The van der Waals surface area contributed by atoms with E-state index in [-0.39, 0.29) is 22.0 Å². The van der Waals surface area contributed by atoms with Crippen molar-refractivity contribution in [3.63, 3.8) is 0 Å². The highest BCUT2D eigenvalue weighted by atomic mass is 35.5. The summed E-state index contributed by atoms with van der Waals surface area (Å²) in [6, 6.07) is 7.67. The van der Waals surface area contributed by atoms with E-state index in [1.807, 2.05) is 49.0 Å². The maximum Gasteiger partial charge on any atom is 0.246 e. The zero-order chi connectivity index (χ0) is 27.0. The van der Waals surface area contributed by atoms with Gasteiger partial charge in [-0.25, -0.2) is 4.39 Å². The van der Waals surface area contributed by atoms with E-state index in [0.717, 1.165) is 16.5 Å². The van der Waals surface area contributed by atoms with Gasteiger partial charge in [-0.15, -0.1) is 0 Å². The number of nitrogens with zero attached hydrogens (tertiary/aromatic N) is 6. The predicted octanol–water partition coefficient (Wildman–Crippen LogP) is 4.52. The summed E-state index contributed by atoms with van der Waals surface area (Å²) in [6.07, 6.45) is 6.50. The first-order chi connectivity index (χ1) is 18.3. The maximum absolute atomic E-state index is 16.2. The van der Waals surface area contributed by atoms with Crippen LogP contribution in [0, 0.1) is 24.1 Å². The molecule has 3 heterocycles. The summed E-state index contributed by atoms with van der Waals surface area (Å²) in [4.78, 5) is 22.7. The standard InChI is InChI=1S/C28H27ClFN7O/c1-17-6-7-22-20(16-33-34-22)24(17)25-21(29)13-19-27(26(25)30)32-15-18(14-31)28(19)37-11-9-36(10-12-37)23(38)5-4-8-35(2)3/h4-7,13,15-16H,8-12H2,1-3H3,(H,33,34)/b5-4+. The van der Waals surface area contributed by atoms with Crippen LogP contribution in [0.15, 0.2) is 42.7 Å². The minimum atomic E-state index is -0.546. The third kappa shape index (κ3) is 4.57. The Hall–Kier alpha value is -4.00. The van der Waals surface area contributed by atoms with Crippen molar-refractivity contribution in [2.45, 2.75) is 6.92 Å². The number of nitrogens with one attached hydrogen (secondary N) is 1. The van der Waals surface area contributed by atoms with Gasteiger partial charge in [-0.2, -0.15) is 10.4 Å². The van der Waals surface area contributed by atoms with E-state index in [0.29, 0.717) is 54.9 Å². The summed E-state index contributed by atoms with van der Waals surface area (Å²) in [7, 11) is 3.88. The number of rotatable bonds is 5. The second-order valence-corrected chi connectivity index (χ2v) is 10.0. The summed E-state index contributed by atoms with van der Waals surface area (Å²) < 4.78 is 16.2. The van der Waals surface area contributed by atoms with Gasteiger partial charge in [0.25, 0.3) is 0 Å². The van der Waals surface area contributed by atoms with Crippen molar-refractivity contribution < 1.29 is 9.18 Å². The van der Waals surface area contributed by atoms with Crippen molar-refractivity contribution in [1.29, 1.82) is 5.26 Å². The number of hydrogen-bond acceptors (Lipinski definition) is 6. The molecule has 1 aliphatic heterocycles. The largest absolute Gasteiger partial charge is 0.366 e. The van der Waals surface area contributed by atoms with Crippen LogP contribution in [-0.4, -0.2) is 77.7 Å². The van der Waals surface area contributed by atoms with E-state index in [4.69, 9.17) is 11.6 Å². The lowest BCUT2D eigenvalue weighted by molar-refractivity contribution is -0.126. The Labute approximate surface area is 224 Å².